The molecule has 8 nitrogen and oxygen atoms in total. The molecule has 0 aromatic carbocycles. The van der Waals surface area contributed by atoms with Crippen LogP contribution < -0.4 is 0 Å². The molecule has 0 radical (unpaired) electrons. The van der Waals surface area contributed by atoms with Gasteiger partial charge in [-0.15, -0.1) is 0 Å². The Morgan fingerprint density at radius 3 is 1.50 bits per heavy atom. The van der Waals surface area contributed by atoms with Crippen molar-refractivity contribution >= 4 is 17.9 Å². The summed E-state index contributed by atoms with van der Waals surface area (Å²) in [5.41, 5.74) is 0. The highest BCUT2D eigenvalue weighted by molar-refractivity contribution is 5.72. The minimum absolute atomic E-state index is 0.0558. The predicted octanol–water partition coefficient (Wildman–Crippen LogP) is 12.4. The summed E-state index contributed by atoms with van der Waals surface area (Å²) in [7, 11) is 5.52. The normalized spacial score (nSPS) is 13.4. The van der Waals surface area contributed by atoms with Crippen LogP contribution in [0.3, 0.4) is 0 Å². The highest BCUT2D eigenvalue weighted by Crippen LogP contribution is 2.15. The van der Waals surface area contributed by atoms with Gasteiger partial charge >= 0.3 is 17.9 Å². The number of esters is 2. The molecule has 0 spiro atoms. The van der Waals surface area contributed by atoms with Crippen molar-refractivity contribution in [3.8, 4) is 0 Å². The molecular formula is C48H86NO7+. The van der Waals surface area contributed by atoms with Gasteiger partial charge in [0.1, 0.15) is 6.61 Å². The van der Waals surface area contributed by atoms with Crippen molar-refractivity contribution < 1.29 is 38.2 Å². The summed E-state index contributed by atoms with van der Waals surface area (Å²) in [4.78, 5) is 36.9. The minimum atomic E-state index is -0.878. The number of carbonyl (C=O) groups excluding carboxylic acids is 2. The lowest BCUT2D eigenvalue weighted by Crippen LogP contribution is -2.50. The topological polar surface area (TPSA) is 99.1 Å². The van der Waals surface area contributed by atoms with Gasteiger partial charge in [-0.1, -0.05) is 152 Å². The molecule has 0 heterocycles. The zero-order chi connectivity index (χ0) is 41.4. The lowest BCUT2D eigenvalue weighted by atomic mass is 10.0. The number of quaternary nitrogens is 1. The molecule has 1 N–H and O–H groups in total. The first-order chi connectivity index (χ1) is 27.1. The molecule has 0 saturated heterocycles. The summed E-state index contributed by atoms with van der Waals surface area (Å²) in [6.45, 7) is 4.58. The lowest BCUT2D eigenvalue weighted by Gasteiger charge is -2.31. The van der Waals surface area contributed by atoms with E-state index < -0.39 is 18.1 Å². The van der Waals surface area contributed by atoms with Gasteiger partial charge < -0.3 is 23.8 Å². The second-order valence-corrected chi connectivity index (χ2v) is 16.3. The van der Waals surface area contributed by atoms with Crippen LogP contribution in [0.25, 0.3) is 0 Å². The van der Waals surface area contributed by atoms with E-state index in [2.05, 4.69) is 62.5 Å². The number of hydrogen-bond acceptors (Lipinski definition) is 6. The molecule has 0 aliphatic rings. The maximum Gasteiger partial charge on any atom is 0.362 e. The number of allylic oxidation sites excluding steroid dienone is 8. The molecule has 56 heavy (non-hydrogen) atoms. The first-order valence-corrected chi connectivity index (χ1v) is 22.7. The number of nitrogens with zero attached hydrogens (tertiary/aromatic N) is 1. The van der Waals surface area contributed by atoms with Crippen LogP contribution in [0.15, 0.2) is 48.6 Å². The molecule has 324 valence electrons. The second kappa shape index (κ2) is 39.1. The third kappa shape index (κ3) is 36.9. The summed E-state index contributed by atoms with van der Waals surface area (Å²) in [5.74, 6) is -1.48. The van der Waals surface area contributed by atoms with E-state index in [9.17, 15) is 19.5 Å². The van der Waals surface area contributed by atoms with Gasteiger partial charge in [-0.25, -0.2) is 4.79 Å². The monoisotopic (exact) mass is 789 g/mol. The van der Waals surface area contributed by atoms with Gasteiger partial charge in [-0.05, 0) is 64.2 Å². The molecule has 0 rings (SSSR count). The third-order valence-corrected chi connectivity index (χ3v) is 9.96. The number of likely N-dealkylation sites (N-methyl/N-ethyl adjacent to an activating group) is 1. The fourth-order valence-electron chi connectivity index (χ4n) is 6.44. The Kier molecular flexibility index (Phi) is 37.2. The Morgan fingerprint density at radius 2 is 1.00 bits per heavy atom. The highest BCUT2D eigenvalue weighted by Gasteiger charge is 2.31. The van der Waals surface area contributed by atoms with E-state index in [1.54, 1.807) is 0 Å². The van der Waals surface area contributed by atoms with E-state index >= 15 is 0 Å². The average molecular weight is 789 g/mol. The van der Waals surface area contributed by atoms with Crippen molar-refractivity contribution in [2.24, 2.45) is 0 Å². The van der Waals surface area contributed by atoms with Gasteiger partial charge in [0.15, 0.2) is 12.1 Å². The fraction of sp³-hybridized carbons (Fsp3) is 0.771. The van der Waals surface area contributed by atoms with E-state index in [1.807, 2.05) is 21.1 Å². The standard InChI is InChI=1S/C48H85NO7/c1-6-8-10-12-14-16-18-19-20-21-22-23-24-25-26-27-29-30-32-34-36-38-46(50)55-43-44(42-54-41-40-45(48(52)53)49(3,4)5)56-47(51)39-37-35-33-31-28-17-15-13-11-9-7-2/h8,10,13-16,19-20,44-45H,6-7,9,11-12,17-18,21-43H2,1-5H3/p+1/b10-8+,15-13+,16-14+,20-19+. The van der Waals surface area contributed by atoms with Gasteiger partial charge in [0.05, 0.1) is 34.4 Å². The van der Waals surface area contributed by atoms with Gasteiger partial charge in [-0.2, -0.15) is 0 Å². The van der Waals surface area contributed by atoms with Crippen LogP contribution in [-0.4, -0.2) is 80.6 Å². The van der Waals surface area contributed by atoms with Crippen LogP contribution in [0.4, 0.5) is 0 Å². The lowest BCUT2D eigenvalue weighted by molar-refractivity contribution is -0.887. The van der Waals surface area contributed by atoms with Crippen LogP contribution in [-0.2, 0) is 28.6 Å². The van der Waals surface area contributed by atoms with Crippen molar-refractivity contribution in [2.75, 3.05) is 41.0 Å². The summed E-state index contributed by atoms with van der Waals surface area (Å²) >= 11 is 0. The average Bonchev–Trinajstić information content (AvgIpc) is 3.15. The second-order valence-electron chi connectivity index (χ2n) is 16.3. The van der Waals surface area contributed by atoms with Crippen molar-refractivity contribution in [1.29, 1.82) is 0 Å². The smallest absolute Gasteiger partial charge is 0.362 e. The van der Waals surface area contributed by atoms with Crippen LogP contribution in [0, 0.1) is 0 Å². The summed E-state index contributed by atoms with van der Waals surface area (Å²) < 4.78 is 17.3. The quantitative estimate of drug-likeness (QED) is 0.0286. The summed E-state index contributed by atoms with van der Waals surface area (Å²) in [6.07, 6.45) is 45.9. The van der Waals surface area contributed by atoms with E-state index in [0.717, 1.165) is 70.6 Å². The number of ether oxygens (including phenoxy) is 3. The first-order valence-electron chi connectivity index (χ1n) is 22.7. The Bertz CT molecular complexity index is 1060. The first kappa shape index (κ1) is 53.3. The molecule has 0 aromatic heterocycles. The maximum atomic E-state index is 12.7. The zero-order valence-electron chi connectivity index (χ0n) is 36.8. The van der Waals surface area contributed by atoms with Crippen LogP contribution >= 0.6 is 0 Å². The predicted molar refractivity (Wildman–Crippen MR) is 234 cm³/mol. The molecule has 0 aromatic rings. The molecule has 0 saturated carbocycles. The molecular weight excluding hydrogens is 703 g/mol. The molecule has 2 atom stereocenters. The van der Waals surface area contributed by atoms with E-state index in [1.165, 1.54) is 83.5 Å². The molecule has 8 heteroatoms. The third-order valence-electron chi connectivity index (χ3n) is 9.96. The molecule has 0 bridgehead atoms. The molecule has 0 aliphatic carbocycles. The van der Waals surface area contributed by atoms with Gasteiger partial charge in [0.2, 0.25) is 0 Å². The Morgan fingerprint density at radius 1 is 0.554 bits per heavy atom. The van der Waals surface area contributed by atoms with Crippen molar-refractivity contribution in [3.63, 3.8) is 0 Å². The number of hydrogen-bond donors (Lipinski definition) is 1. The van der Waals surface area contributed by atoms with E-state index in [4.69, 9.17) is 14.2 Å². The summed E-state index contributed by atoms with van der Waals surface area (Å²) in [5, 5.41) is 9.61. The number of carbonyl (C=O) groups is 3. The van der Waals surface area contributed by atoms with E-state index in [0.29, 0.717) is 19.3 Å². The molecule has 2 unspecified atom stereocenters. The Balaban J connectivity index is 4.23. The molecule has 0 aliphatic heterocycles. The zero-order valence-corrected chi connectivity index (χ0v) is 36.8. The number of carboxylic acid groups (broad SMARTS) is 1. The maximum absolute atomic E-state index is 12.7. The molecule has 0 fully saturated rings. The highest BCUT2D eigenvalue weighted by atomic mass is 16.6. The minimum Gasteiger partial charge on any atom is -0.477 e. The van der Waals surface area contributed by atoms with Gasteiger partial charge in [0, 0.05) is 19.3 Å². The largest absolute Gasteiger partial charge is 0.477 e. The molecule has 0 amide bonds. The SMILES string of the molecule is CC/C=C/C/C=C/C/C=C/CCCCCCCCCCCCCC(=O)OCC(COCCC(C(=O)O)[N+](C)(C)C)OC(=O)CCCCCCC/C=C/CCCC. The van der Waals surface area contributed by atoms with Crippen molar-refractivity contribution in [1.82, 2.24) is 0 Å². The van der Waals surface area contributed by atoms with Crippen molar-refractivity contribution in [2.45, 2.75) is 199 Å². The van der Waals surface area contributed by atoms with Crippen LogP contribution in [0.2, 0.25) is 0 Å². The van der Waals surface area contributed by atoms with Gasteiger partial charge in [0.25, 0.3) is 0 Å². The fourth-order valence-corrected chi connectivity index (χ4v) is 6.44. The number of rotatable bonds is 40. The summed E-state index contributed by atoms with van der Waals surface area (Å²) in [6, 6.07) is -0.616. The number of aliphatic carboxylic acids is 1. The number of carboxylic acids is 1. The van der Waals surface area contributed by atoms with E-state index in [-0.39, 0.29) is 36.2 Å². The number of unbranched alkanes of at least 4 members (excludes halogenated alkanes) is 18. The Labute approximate surface area is 344 Å². The van der Waals surface area contributed by atoms with Crippen LogP contribution in [0.5, 0.6) is 0 Å². The van der Waals surface area contributed by atoms with Gasteiger partial charge in [-0.3, -0.25) is 9.59 Å². The van der Waals surface area contributed by atoms with Crippen LogP contribution in [0.1, 0.15) is 187 Å². The Hall–Kier alpha value is -2.71. The van der Waals surface area contributed by atoms with Crippen molar-refractivity contribution in [3.05, 3.63) is 48.6 Å².